The highest BCUT2D eigenvalue weighted by molar-refractivity contribution is 5.26. The summed E-state index contributed by atoms with van der Waals surface area (Å²) in [5.74, 6) is 6.37. The first-order valence-corrected chi connectivity index (χ1v) is 7.43. The van der Waals surface area contributed by atoms with Crippen molar-refractivity contribution in [3.63, 3.8) is 0 Å². The molecule has 1 atom stereocenters. The van der Waals surface area contributed by atoms with Gasteiger partial charge in [-0.1, -0.05) is 44.2 Å². The summed E-state index contributed by atoms with van der Waals surface area (Å²) in [6.45, 7) is 1.80. The Hall–Kier alpha value is -0.930. The lowest BCUT2D eigenvalue weighted by Crippen LogP contribution is -2.28. The van der Waals surface area contributed by atoms with Gasteiger partial charge in [-0.3, -0.25) is 11.3 Å². The van der Waals surface area contributed by atoms with Crippen LogP contribution in [0.25, 0.3) is 0 Å². The molecule has 106 valence electrons. The normalized spacial score (nSPS) is 18.5. The van der Waals surface area contributed by atoms with Gasteiger partial charge in [0.05, 0.1) is 0 Å². The third kappa shape index (κ3) is 4.02. The van der Waals surface area contributed by atoms with Crippen LogP contribution in [0.3, 0.4) is 0 Å². The SMILES string of the molecule is Cc1cc(C(CCC2CCCCC2)NN)ccc1F. The second kappa shape index (κ2) is 7.01. The smallest absolute Gasteiger partial charge is 0.126 e. The first-order chi connectivity index (χ1) is 9.20. The van der Waals surface area contributed by atoms with Gasteiger partial charge in [0.2, 0.25) is 0 Å². The number of halogens is 1. The fraction of sp³-hybridized carbons (Fsp3) is 0.625. The van der Waals surface area contributed by atoms with Crippen molar-refractivity contribution in [2.45, 2.75) is 57.9 Å². The highest BCUT2D eigenvalue weighted by Crippen LogP contribution is 2.30. The quantitative estimate of drug-likeness (QED) is 0.623. The van der Waals surface area contributed by atoms with Gasteiger partial charge in [0.15, 0.2) is 0 Å². The predicted molar refractivity (Wildman–Crippen MR) is 77.0 cm³/mol. The van der Waals surface area contributed by atoms with Crippen LogP contribution in [-0.4, -0.2) is 0 Å². The van der Waals surface area contributed by atoms with Crippen LogP contribution in [0.4, 0.5) is 4.39 Å². The molecule has 2 rings (SSSR count). The Balaban J connectivity index is 1.93. The molecule has 0 spiro atoms. The molecule has 0 aromatic heterocycles. The number of hydrogen-bond donors (Lipinski definition) is 2. The molecule has 1 saturated carbocycles. The summed E-state index contributed by atoms with van der Waals surface area (Å²) in [5.41, 5.74) is 4.67. The minimum atomic E-state index is -0.146. The number of benzene rings is 1. The average molecular weight is 264 g/mol. The largest absolute Gasteiger partial charge is 0.271 e. The van der Waals surface area contributed by atoms with Crippen molar-refractivity contribution in [2.24, 2.45) is 11.8 Å². The molecular weight excluding hydrogens is 239 g/mol. The van der Waals surface area contributed by atoms with Crippen LogP contribution < -0.4 is 11.3 Å². The van der Waals surface area contributed by atoms with E-state index < -0.39 is 0 Å². The van der Waals surface area contributed by atoms with Gasteiger partial charge < -0.3 is 0 Å². The molecule has 0 radical (unpaired) electrons. The maximum Gasteiger partial charge on any atom is 0.126 e. The molecule has 0 heterocycles. The zero-order chi connectivity index (χ0) is 13.7. The highest BCUT2D eigenvalue weighted by atomic mass is 19.1. The van der Waals surface area contributed by atoms with Crippen molar-refractivity contribution in [3.05, 3.63) is 35.1 Å². The van der Waals surface area contributed by atoms with Gasteiger partial charge in [-0.2, -0.15) is 0 Å². The first kappa shape index (κ1) is 14.5. The average Bonchev–Trinajstić information content (AvgIpc) is 2.44. The van der Waals surface area contributed by atoms with Gasteiger partial charge >= 0.3 is 0 Å². The summed E-state index contributed by atoms with van der Waals surface area (Å²) >= 11 is 0. The molecule has 19 heavy (non-hydrogen) atoms. The first-order valence-electron chi connectivity index (χ1n) is 7.43. The zero-order valence-electron chi connectivity index (χ0n) is 11.8. The third-order valence-corrected chi connectivity index (χ3v) is 4.37. The minimum Gasteiger partial charge on any atom is -0.271 e. The van der Waals surface area contributed by atoms with E-state index in [1.165, 1.54) is 44.6 Å². The zero-order valence-corrected chi connectivity index (χ0v) is 11.8. The second-order valence-electron chi connectivity index (χ2n) is 5.81. The molecular formula is C16H25FN2. The molecule has 1 aromatic carbocycles. The summed E-state index contributed by atoms with van der Waals surface area (Å²) in [6, 6.07) is 5.42. The summed E-state index contributed by atoms with van der Waals surface area (Å²) in [7, 11) is 0. The van der Waals surface area contributed by atoms with E-state index in [-0.39, 0.29) is 11.9 Å². The summed E-state index contributed by atoms with van der Waals surface area (Å²) in [5, 5.41) is 0. The van der Waals surface area contributed by atoms with E-state index in [1.807, 2.05) is 12.1 Å². The van der Waals surface area contributed by atoms with Crippen molar-refractivity contribution in [1.82, 2.24) is 5.43 Å². The van der Waals surface area contributed by atoms with Crippen LogP contribution >= 0.6 is 0 Å². The monoisotopic (exact) mass is 264 g/mol. The lowest BCUT2D eigenvalue weighted by molar-refractivity contribution is 0.315. The molecule has 0 saturated heterocycles. The Morgan fingerprint density at radius 1 is 1.32 bits per heavy atom. The Morgan fingerprint density at radius 2 is 2.05 bits per heavy atom. The summed E-state index contributed by atoms with van der Waals surface area (Å²) in [6.07, 6.45) is 9.12. The van der Waals surface area contributed by atoms with Gasteiger partial charge in [-0.15, -0.1) is 0 Å². The molecule has 0 amide bonds. The number of nitrogens with one attached hydrogen (secondary N) is 1. The Morgan fingerprint density at radius 3 is 2.68 bits per heavy atom. The van der Waals surface area contributed by atoms with E-state index in [0.29, 0.717) is 5.56 Å². The number of hydrogen-bond acceptors (Lipinski definition) is 2. The molecule has 3 N–H and O–H groups in total. The lowest BCUT2D eigenvalue weighted by Gasteiger charge is -2.24. The number of rotatable bonds is 5. The van der Waals surface area contributed by atoms with Crippen molar-refractivity contribution < 1.29 is 4.39 Å². The van der Waals surface area contributed by atoms with Gasteiger partial charge in [-0.25, -0.2) is 4.39 Å². The maximum atomic E-state index is 13.3. The van der Waals surface area contributed by atoms with Gasteiger partial charge in [0.1, 0.15) is 5.82 Å². The summed E-state index contributed by atoms with van der Waals surface area (Å²) in [4.78, 5) is 0. The van der Waals surface area contributed by atoms with Gasteiger partial charge in [0, 0.05) is 6.04 Å². The van der Waals surface area contributed by atoms with E-state index in [2.05, 4.69) is 5.43 Å². The molecule has 1 aliphatic carbocycles. The Bertz CT molecular complexity index is 400. The van der Waals surface area contributed by atoms with Crippen LogP contribution in [0.5, 0.6) is 0 Å². The van der Waals surface area contributed by atoms with Crippen molar-refractivity contribution >= 4 is 0 Å². The molecule has 1 aliphatic rings. The molecule has 3 heteroatoms. The number of hydrazine groups is 1. The van der Waals surface area contributed by atoms with E-state index in [0.717, 1.165) is 17.9 Å². The van der Waals surface area contributed by atoms with Crippen LogP contribution in [0.1, 0.15) is 62.1 Å². The highest BCUT2D eigenvalue weighted by Gasteiger charge is 2.17. The van der Waals surface area contributed by atoms with E-state index >= 15 is 0 Å². The minimum absolute atomic E-state index is 0.140. The number of nitrogens with two attached hydrogens (primary N) is 1. The summed E-state index contributed by atoms with van der Waals surface area (Å²) < 4.78 is 13.3. The topological polar surface area (TPSA) is 38.0 Å². The second-order valence-corrected chi connectivity index (χ2v) is 5.81. The predicted octanol–water partition coefficient (Wildman–Crippen LogP) is 4.00. The van der Waals surface area contributed by atoms with Crippen LogP contribution in [0.2, 0.25) is 0 Å². The van der Waals surface area contributed by atoms with E-state index in [9.17, 15) is 4.39 Å². The van der Waals surface area contributed by atoms with E-state index in [4.69, 9.17) is 5.84 Å². The molecule has 1 unspecified atom stereocenters. The van der Waals surface area contributed by atoms with Crippen molar-refractivity contribution in [2.75, 3.05) is 0 Å². The number of aryl methyl sites for hydroxylation is 1. The van der Waals surface area contributed by atoms with Crippen molar-refractivity contribution in [3.8, 4) is 0 Å². The van der Waals surface area contributed by atoms with Gasteiger partial charge in [-0.05, 0) is 42.9 Å². The Labute approximate surface area is 115 Å². The lowest BCUT2D eigenvalue weighted by atomic mass is 9.84. The Kier molecular flexibility index (Phi) is 5.34. The molecule has 0 aliphatic heterocycles. The standard InChI is InChI=1S/C16H25FN2/c1-12-11-14(8-9-15(12)17)16(19-18)10-7-13-5-3-2-4-6-13/h8-9,11,13,16,19H,2-7,10,18H2,1H3. The van der Waals surface area contributed by atoms with Gasteiger partial charge in [0.25, 0.3) is 0 Å². The fourth-order valence-electron chi connectivity index (χ4n) is 3.11. The molecule has 0 bridgehead atoms. The van der Waals surface area contributed by atoms with Crippen LogP contribution in [-0.2, 0) is 0 Å². The third-order valence-electron chi connectivity index (χ3n) is 4.37. The fourth-order valence-corrected chi connectivity index (χ4v) is 3.11. The van der Waals surface area contributed by atoms with E-state index in [1.54, 1.807) is 6.92 Å². The van der Waals surface area contributed by atoms with Crippen LogP contribution in [0.15, 0.2) is 18.2 Å². The molecule has 1 fully saturated rings. The molecule has 1 aromatic rings. The molecule has 2 nitrogen and oxygen atoms in total. The maximum absolute atomic E-state index is 13.3. The van der Waals surface area contributed by atoms with Crippen molar-refractivity contribution in [1.29, 1.82) is 0 Å². The van der Waals surface area contributed by atoms with Crippen LogP contribution in [0, 0.1) is 18.7 Å².